The predicted molar refractivity (Wildman–Crippen MR) is 131 cm³/mol. The molecule has 3 atom stereocenters. The van der Waals surface area contributed by atoms with Crippen LogP contribution in [0.5, 0.6) is 0 Å². The van der Waals surface area contributed by atoms with Crippen LogP contribution in [0.15, 0.2) is 30.3 Å². The summed E-state index contributed by atoms with van der Waals surface area (Å²) >= 11 is 0. The van der Waals surface area contributed by atoms with Gasteiger partial charge in [0.2, 0.25) is 17.7 Å². The van der Waals surface area contributed by atoms with Gasteiger partial charge in [0.25, 0.3) is 0 Å². The van der Waals surface area contributed by atoms with Crippen molar-refractivity contribution in [2.75, 3.05) is 6.54 Å². The summed E-state index contributed by atoms with van der Waals surface area (Å²) in [6.45, 7) is 11.1. The summed E-state index contributed by atoms with van der Waals surface area (Å²) in [4.78, 5) is 52.6. The lowest BCUT2D eigenvalue weighted by atomic mass is 10.0. The maximum atomic E-state index is 13.7. The molecule has 0 aromatic heterocycles. The standard InChI is InChI=1S/C25H40N4O5/c1-7-12-17(3)27-22(31)21(18-13-10-9-11-14-18)29(15-8-2)23(32)19(16-20(26)30)28-24(33)34-25(4,5)6/h9-11,13-14,17,19,21H,7-8,12,15-16H2,1-6H3,(H2,26,30)(H,27,31)(H,28,33). The van der Waals surface area contributed by atoms with E-state index in [1.807, 2.05) is 26.8 Å². The molecule has 0 aliphatic rings. The average molecular weight is 477 g/mol. The minimum Gasteiger partial charge on any atom is -0.444 e. The molecule has 9 nitrogen and oxygen atoms in total. The summed E-state index contributed by atoms with van der Waals surface area (Å²) in [5.41, 5.74) is 5.20. The number of nitrogens with zero attached hydrogens (tertiary/aromatic N) is 1. The van der Waals surface area contributed by atoms with Crippen LogP contribution in [0.2, 0.25) is 0 Å². The van der Waals surface area contributed by atoms with Crippen molar-refractivity contribution < 1.29 is 23.9 Å². The zero-order valence-corrected chi connectivity index (χ0v) is 21.2. The molecule has 9 heteroatoms. The fourth-order valence-corrected chi connectivity index (χ4v) is 3.59. The van der Waals surface area contributed by atoms with E-state index in [4.69, 9.17) is 10.5 Å². The fourth-order valence-electron chi connectivity index (χ4n) is 3.59. The van der Waals surface area contributed by atoms with Crippen LogP contribution in [-0.4, -0.2) is 52.9 Å². The predicted octanol–water partition coefficient (Wildman–Crippen LogP) is 3.04. The second-order valence-corrected chi connectivity index (χ2v) is 9.41. The molecule has 1 aromatic rings. The molecule has 0 spiro atoms. The highest BCUT2D eigenvalue weighted by Crippen LogP contribution is 2.24. The van der Waals surface area contributed by atoms with Gasteiger partial charge in [-0.05, 0) is 46.1 Å². The smallest absolute Gasteiger partial charge is 0.408 e. The number of rotatable bonds is 12. The highest BCUT2D eigenvalue weighted by atomic mass is 16.6. The van der Waals surface area contributed by atoms with Gasteiger partial charge in [0.1, 0.15) is 17.7 Å². The number of hydrogen-bond donors (Lipinski definition) is 3. The van der Waals surface area contributed by atoms with Crippen LogP contribution in [0.25, 0.3) is 0 Å². The van der Waals surface area contributed by atoms with Gasteiger partial charge < -0.3 is 26.0 Å². The number of alkyl carbamates (subject to hydrolysis) is 1. The number of nitrogens with one attached hydrogen (secondary N) is 2. The molecule has 0 fully saturated rings. The van der Waals surface area contributed by atoms with Gasteiger partial charge >= 0.3 is 6.09 Å². The van der Waals surface area contributed by atoms with E-state index < -0.39 is 42.0 Å². The van der Waals surface area contributed by atoms with Crippen molar-refractivity contribution in [3.8, 4) is 0 Å². The molecular weight excluding hydrogens is 436 g/mol. The highest BCUT2D eigenvalue weighted by molar-refractivity contribution is 5.94. The highest BCUT2D eigenvalue weighted by Gasteiger charge is 2.36. The third-order valence-corrected chi connectivity index (χ3v) is 4.93. The summed E-state index contributed by atoms with van der Waals surface area (Å²) < 4.78 is 5.26. The SMILES string of the molecule is CCCC(C)NC(=O)C(c1ccccc1)N(CCC)C(=O)C(CC(N)=O)NC(=O)OC(C)(C)C. The first-order valence-corrected chi connectivity index (χ1v) is 11.8. The summed E-state index contributed by atoms with van der Waals surface area (Å²) in [6.07, 6.45) is 0.978. The number of hydrogen-bond acceptors (Lipinski definition) is 5. The van der Waals surface area contributed by atoms with Crippen molar-refractivity contribution in [3.63, 3.8) is 0 Å². The van der Waals surface area contributed by atoms with Crippen LogP contribution in [0.1, 0.15) is 78.8 Å². The van der Waals surface area contributed by atoms with Crippen LogP contribution in [0.4, 0.5) is 4.79 Å². The molecule has 4 amide bonds. The Bertz CT molecular complexity index is 822. The Hall–Kier alpha value is -3.10. The monoisotopic (exact) mass is 476 g/mol. The topological polar surface area (TPSA) is 131 Å². The first kappa shape index (κ1) is 28.9. The Balaban J connectivity index is 3.36. The van der Waals surface area contributed by atoms with Crippen molar-refractivity contribution in [2.45, 2.75) is 91.0 Å². The average Bonchev–Trinajstić information content (AvgIpc) is 2.71. The van der Waals surface area contributed by atoms with E-state index in [1.54, 1.807) is 45.0 Å². The van der Waals surface area contributed by atoms with E-state index in [0.717, 1.165) is 12.8 Å². The Morgan fingerprint density at radius 3 is 2.15 bits per heavy atom. The molecule has 0 bridgehead atoms. The lowest BCUT2D eigenvalue weighted by Gasteiger charge is -2.34. The molecule has 4 N–H and O–H groups in total. The van der Waals surface area contributed by atoms with E-state index in [2.05, 4.69) is 10.6 Å². The van der Waals surface area contributed by atoms with Crippen molar-refractivity contribution in [1.29, 1.82) is 0 Å². The maximum absolute atomic E-state index is 13.7. The molecule has 1 rings (SSSR count). The molecule has 0 heterocycles. The number of primary amides is 1. The summed E-state index contributed by atoms with van der Waals surface area (Å²) in [5.74, 6) is -1.68. The Labute approximate surface area is 202 Å². The number of nitrogens with two attached hydrogens (primary N) is 1. The van der Waals surface area contributed by atoms with Gasteiger partial charge in [0.15, 0.2) is 0 Å². The lowest BCUT2D eigenvalue weighted by molar-refractivity contribution is -0.143. The molecule has 3 unspecified atom stereocenters. The zero-order chi connectivity index (χ0) is 25.9. The Morgan fingerprint density at radius 1 is 1.03 bits per heavy atom. The van der Waals surface area contributed by atoms with E-state index in [9.17, 15) is 19.2 Å². The van der Waals surface area contributed by atoms with E-state index in [-0.39, 0.29) is 18.5 Å². The number of carbonyl (C=O) groups is 4. The first-order chi connectivity index (χ1) is 15.9. The van der Waals surface area contributed by atoms with Crippen molar-refractivity contribution in [3.05, 3.63) is 35.9 Å². The van der Waals surface area contributed by atoms with E-state index in [1.165, 1.54) is 4.90 Å². The summed E-state index contributed by atoms with van der Waals surface area (Å²) in [5, 5.41) is 5.45. The van der Waals surface area contributed by atoms with Gasteiger partial charge in [-0.2, -0.15) is 0 Å². The molecule has 0 saturated heterocycles. The second kappa shape index (κ2) is 13.6. The Morgan fingerprint density at radius 2 is 1.65 bits per heavy atom. The second-order valence-electron chi connectivity index (χ2n) is 9.41. The summed E-state index contributed by atoms with van der Waals surface area (Å²) in [7, 11) is 0. The molecule has 190 valence electrons. The van der Waals surface area contributed by atoms with Gasteiger partial charge in [-0.25, -0.2) is 4.79 Å². The molecule has 0 saturated carbocycles. The van der Waals surface area contributed by atoms with Crippen molar-refractivity contribution >= 4 is 23.8 Å². The van der Waals surface area contributed by atoms with Crippen LogP contribution in [-0.2, 0) is 19.1 Å². The third kappa shape index (κ3) is 9.80. The number of ether oxygens (including phenoxy) is 1. The molecule has 0 aliphatic heterocycles. The van der Waals surface area contributed by atoms with Gasteiger partial charge in [-0.1, -0.05) is 50.6 Å². The van der Waals surface area contributed by atoms with Gasteiger partial charge in [-0.15, -0.1) is 0 Å². The normalized spacial score (nSPS) is 13.8. The van der Waals surface area contributed by atoms with Crippen LogP contribution in [0.3, 0.4) is 0 Å². The largest absolute Gasteiger partial charge is 0.444 e. The van der Waals surface area contributed by atoms with Crippen molar-refractivity contribution in [2.24, 2.45) is 5.73 Å². The van der Waals surface area contributed by atoms with Gasteiger partial charge in [0, 0.05) is 12.6 Å². The maximum Gasteiger partial charge on any atom is 0.408 e. The van der Waals surface area contributed by atoms with Crippen LogP contribution >= 0.6 is 0 Å². The minimum atomic E-state index is -1.27. The molecule has 0 aliphatic carbocycles. The first-order valence-electron chi connectivity index (χ1n) is 11.8. The minimum absolute atomic E-state index is 0.0800. The summed E-state index contributed by atoms with van der Waals surface area (Å²) in [6, 6.07) is 6.66. The molecule has 0 radical (unpaired) electrons. The number of amides is 4. The molecule has 1 aromatic carbocycles. The van der Waals surface area contributed by atoms with Gasteiger partial charge in [0.05, 0.1) is 6.42 Å². The molecule has 34 heavy (non-hydrogen) atoms. The van der Waals surface area contributed by atoms with Crippen LogP contribution < -0.4 is 16.4 Å². The quantitative estimate of drug-likeness (QED) is 0.427. The van der Waals surface area contributed by atoms with Crippen LogP contribution in [0, 0.1) is 0 Å². The van der Waals surface area contributed by atoms with E-state index >= 15 is 0 Å². The van der Waals surface area contributed by atoms with Crippen molar-refractivity contribution in [1.82, 2.24) is 15.5 Å². The number of benzene rings is 1. The fraction of sp³-hybridized carbons (Fsp3) is 0.600. The molecular formula is C25H40N4O5. The third-order valence-electron chi connectivity index (χ3n) is 4.93. The van der Waals surface area contributed by atoms with Gasteiger partial charge in [-0.3, -0.25) is 14.4 Å². The zero-order valence-electron chi connectivity index (χ0n) is 21.2. The lowest BCUT2D eigenvalue weighted by Crippen LogP contribution is -2.54. The Kier molecular flexibility index (Phi) is 11.5. The number of carbonyl (C=O) groups excluding carboxylic acids is 4. The van der Waals surface area contributed by atoms with E-state index in [0.29, 0.717) is 12.0 Å².